The number of rotatable bonds is 9. The van der Waals surface area contributed by atoms with Crippen LogP contribution in [0.5, 0.6) is 0 Å². The molecule has 1 aromatic heterocycles. The highest BCUT2D eigenvalue weighted by Gasteiger charge is 2.25. The van der Waals surface area contributed by atoms with Crippen molar-refractivity contribution in [3.8, 4) is 11.3 Å². The van der Waals surface area contributed by atoms with Gasteiger partial charge in [-0.15, -0.1) is 0 Å². The Morgan fingerprint density at radius 3 is 2.05 bits per heavy atom. The summed E-state index contributed by atoms with van der Waals surface area (Å²) in [6.07, 6.45) is 7.76. The predicted octanol–water partition coefficient (Wildman–Crippen LogP) is 7.62. The number of aromatic nitrogens is 1. The fourth-order valence-corrected chi connectivity index (χ4v) is 5.32. The van der Waals surface area contributed by atoms with Gasteiger partial charge in [-0.05, 0) is 84.2 Å². The summed E-state index contributed by atoms with van der Waals surface area (Å²) in [5.74, 6) is -0.225. The van der Waals surface area contributed by atoms with Crippen LogP contribution in [0, 0.1) is 12.8 Å². The van der Waals surface area contributed by atoms with E-state index in [-0.39, 0.29) is 23.2 Å². The fourth-order valence-electron chi connectivity index (χ4n) is 5.32. The molecule has 0 unspecified atom stereocenters. The minimum atomic E-state index is -0.793. The Kier molecular flexibility index (Phi) is 9.31. The molecule has 0 aliphatic heterocycles. The molecule has 2 N–H and O–H groups in total. The zero-order valence-electron chi connectivity index (χ0n) is 24.2. The van der Waals surface area contributed by atoms with E-state index in [1.807, 2.05) is 0 Å². The number of aliphatic carboxylic acids is 1. The highest BCUT2D eigenvalue weighted by atomic mass is 16.4. The van der Waals surface area contributed by atoms with Crippen molar-refractivity contribution in [3.05, 3.63) is 46.6 Å². The van der Waals surface area contributed by atoms with Crippen molar-refractivity contribution >= 4 is 11.9 Å². The van der Waals surface area contributed by atoms with Crippen molar-refractivity contribution < 1.29 is 14.7 Å². The summed E-state index contributed by atoms with van der Waals surface area (Å²) in [6, 6.07) is 9.05. The molecule has 1 amide bonds. The van der Waals surface area contributed by atoms with E-state index in [0.717, 1.165) is 23.5 Å². The SMILES string of the molecule is Cc1c(C(=O)NCCCCC(=O)O)cc(-c2cc(C(C)(C)C)cc(C(C)(C)C)c2)n1CC1CCCCC1. The first-order chi connectivity index (χ1) is 17.3. The molecule has 0 atom stereocenters. The van der Waals surface area contributed by atoms with Gasteiger partial charge in [0.15, 0.2) is 0 Å². The van der Waals surface area contributed by atoms with Crippen LogP contribution >= 0.6 is 0 Å². The third kappa shape index (κ3) is 7.72. The Hall–Kier alpha value is -2.56. The number of carboxylic acids is 1. The van der Waals surface area contributed by atoms with Gasteiger partial charge in [-0.25, -0.2) is 0 Å². The van der Waals surface area contributed by atoms with Gasteiger partial charge < -0.3 is 15.0 Å². The molecule has 0 radical (unpaired) electrons. The number of carboxylic acid groups (broad SMARTS) is 1. The van der Waals surface area contributed by atoms with E-state index in [2.05, 4.69) is 82.6 Å². The second-order valence-electron chi connectivity index (χ2n) is 13.0. The van der Waals surface area contributed by atoms with Gasteiger partial charge in [0.2, 0.25) is 0 Å². The van der Waals surface area contributed by atoms with E-state index in [0.29, 0.717) is 25.3 Å². The van der Waals surface area contributed by atoms with Crippen molar-refractivity contribution in [2.24, 2.45) is 5.92 Å². The Morgan fingerprint density at radius 1 is 0.919 bits per heavy atom. The highest BCUT2D eigenvalue weighted by molar-refractivity contribution is 5.97. The molecule has 0 bridgehead atoms. The fraction of sp³-hybridized carbons (Fsp3) is 0.625. The summed E-state index contributed by atoms with van der Waals surface area (Å²) in [7, 11) is 0. The van der Waals surface area contributed by atoms with Gasteiger partial charge in [0, 0.05) is 30.9 Å². The zero-order chi connectivity index (χ0) is 27.4. The van der Waals surface area contributed by atoms with E-state index in [9.17, 15) is 9.59 Å². The largest absolute Gasteiger partial charge is 0.481 e. The maximum atomic E-state index is 13.3. The van der Waals surface area contributed by atoms with E-state index in [1.54, 1.807) is 0 Å². The van der Waals surface area contributed by atoms with Crippen LogP contribution in [0.3, 0.4) is 0 Å². The molecular formula is C32H48N2O3. The van der Waals surface area contributed by atoms with E-state index >= 15 is 0 Å². The first-order valence-electron chi connectivity index (χ1n) is 14.1. The number of amides is 1. The lowest BCUT2D eigenvalue weighted by molar-refractivity contribution is -0.137. The van der Waals surface area contributed by atoms with Gasteiger partial charge >= 0.3 is 5.97 Å². The first-order valence-corrected chi connectivity index (χ1v) is 14.1. The Labute approximate surface area is 224 Å². The van der Waals surface area contributed by atoms with Gasteiger partial charge in [0.05, 0.1) is 5.56 Å². The average molecular weight is 509 g/mol. The number of nitrogens with one attached hydrogen (secondary N) is 1. The zero-order valence-corrected chi connectivity index (χ0v) is 24.2. The van der Waals surface area contributed by atoms with E-state index < -0.39 is 5.97 Å². The number of hydrogen-bond donors (Lipinski definition) is 2. The van der Waals surface area contributed by atoms with Gasteiger partial charge in [-0.1, -0.05) is 66.9 Å². The summed E-state index contributed by atoms with van der Waals surface area (Å²) in [5.41, 5.74) is 6.69. The molecule has 1 aromatic carbocycles. The molecule has 5 heteroatoms. The molecule has 1 heterocycles. The molecule has 0 saturated heterocycles. The van der Waals surface area contributed by atoms with Gasteiger partial charge in [-0.3, -0.25) is 9.59 Å². The lowest BCUT2D eigenvalue weighted by Crippen LogP contribution is -2.25. The number of nitrogens with zero attached hydrogens (tertiary/aromatic N) is 1. The average Bonchev–Trinajstić information content (AvgIpc) is 3.14. The lowest BCUT2D eigenvalue weighted by atomic mass is 9.79. The van der Waals surface area contributed by atoms with Crippen molar-refractivity contribution in [3.63, 3.8) is 0 Å². The van der Waals surface area contributed by atoms with E-state index in [4.69, 9.17) is 5.11 Å². The Bertz CT molecular complexity index is 1060. The molecule has 1 fully saturated rings. The van der Waals surface area contributed by atoms with Crippen LogP contribution in [0.1, 0.15) is 120 Å². The number of carbonyl (C=O) groups excluding carboxylic acids is 1. The Balaban J connectivity index is 2.02. The molecule has 1 aliphatic carbocycles. The maximum Gasteiger partial charge on any atom is 0.303 e. The summed E-state index contributed by atoms with van der Waals surface area (Å²) >= 11 is 0. The van der Waals surface area contributed by atoms with Crippen molar-refractivity contribution in [2.75, 3.05) is 6.54 Å². The molecule has 5 nitrogen and oxygen atoms in total. The second-order valence-corrected chi connectivity index (χ2v) is 13.0. The van der Waals surface area contributed by atoms with Crippen molar-refractivity contribution in [1.82, 2.24) is 9.88 Å². The molecule has 2 aromatic rings. The summed E-state index contributed by atoms with van der Waals surface area (Å²) in [4.78, 5) is 24.0. The molecule has 204 valence electrons. The van der Waals surface area contributed by atoms with Crippen LogP contribution in [0.2, 0.25) is 0 Å². The van der Waals surface area contributed by atoms with Gasteiger partial charge in [0.25, 0.3) is 5.91 Å². The summed E-state index contributed by atoms with van der Waals surface area (Å²) < 4.78 is 2.39. The third-order valence-corrected chi connectivity index (χ3v) is 7.84. The number of unbranched alkanes of at least 4 members (excludes halogenated alkanes) is 1. The third-order valence-electron chi connectivity index (χ3n) is 7.84. The maximum absolute atomic E-state index is 13.3. The minimum Gasteiger partial charge on any atom is -0.481 e. The van der Waals surface area contributed by atoms with E-state index in [1.165, 1.54) is 48.8 Å². The quantitative estimate of drug-likeness (QED) is 0.342. The molecule has 1 aliphatic rings. The predicted molar refractivity (Wildman–Crippen MR) is 152 cm³/mol. The highest BCUT2D eigenvalue weighted by Crippen LogP contribution is 2.36. The molecule has 3 rings (SSSR count). The summed E-state index contributed by atoms with van der Waals surface area (Å²) in [5, 5.41) is 11.9. The molecular weight excluding hydrogens is 460 g/mol. The van der Waals surface area contributed by atoms with Gasteiger partial charge in [-0.2, -0.15) is 0 Å². The van der Waals surface area contributed by atoms with Crippen LogP contribution in [0.15, 0.2) is 24.3 Å². The number of hydrogen-bond acceptors (Lipinski definition) is 2. The van der Waals surface area contributed by atoms with Crippen LogP contribution in [0.25, 0.3) is 11.3 Å². The second kappa shape index (κ2) is 11.9. The topological polar surface area (TPSA) is 71.3 Å². The van der Waals surface area contributed by atoms with Gasteiger partial charge in [0.1, 0.15) is 0 Å². The van der Waals surface area contributed by atoms with Crippen LogP contribution in [-0.2, 0) is 22.2 Å². The van der Waals surface area contributed by atoms with Crippen LogP contribution < -0.4 is 5.32 Å². The minimum absolute atomic E-state index is 0.0159. The molecule has 0 spiro atoms. The normalized spacial score (nSPS) is 15.1. The van der Waals surface area contributed by atoms with Crippen LogP contribution in [0.4, 0.5) is 0 Å². The molecule has 37 heavy (non-hydrogen) atoms. The summed E-state index contributed by atoms with van der Waals surface area (Å²) in [6.45, 7) is 17.1. The molecule has 1 saturated carbocycles. The number of carbonyl (C=O) groups is 2. The monoisotopic (exact) mass is 508 g/mol. The number of benzene rings is 1. The standard InChI is InChI=1S/C32H48N2O3/c1-22-27(30(37)33-16-12-11-15-29(35)36)20-28(34(22)21-23-13-9-8-10-14-23)24-17-25(31(2,3)4)19-26(18-24)32(5,6)7/h17-20,23H,8-16,21H2,1-7H3,(H,33,37)(H,35,36). The smallest absolute Gasteiger partial charge is 0.303 e. The first kappa shape index (κ1) is 29.0. The van der Waals surface area contributed by atoms with Crippen molar-refractivity contribution in [1.29, 1.82) is 0 Å². The Morgan fingerprint density at radius 2 is 1.51 bits per heavy atom. The van der Waals surface area contributed by atoms with Crippen molar-refractivity contribution in [2.45, 2.75) is 117 Å². The van der Waals surface area contributed by atoms with Crippen LogP contribution in [-0.4, -0.2) is 28.1 Å². The lowest BCUT2D eigenvalue weighted by Gasteiger charge is -2.27.